The van der Waals surface area contributed by atoms with E-state index in [2.05, 4.69) is 27.7 Å². The molecule has 1 amide bonds. The van der Waals surface area contributed by atoms with Crippen LogP contribution in [0.2, 0.25) is 0 Å². The second-order valence-corrected chi connectivity index (χ2v) is 5.31. The molecule has 0 aliphatic rings. The number of hydrogen-bond donors (Lipinski definition) is 2. The van der Waals surface area contributed by atoms with E-state index in [4.69, 9.17) is 4.52 Å². The van der Waals surface area contributed by atoms with Gasteiger partial charge in [0.05, 0.1) is 16.6 Å². The van der Waals surface area contributed by atoms with Crippen molar-refractivity contribution in [2.24, 2.45) is 0 Å². The zero-order valence-electron chi connectivity index (χ0n) is 13.2. The van der Waals surface area contributed by atoms with Crippen LogP contribution in [-0.2, 0) is 0 Å². The highest BCUT2D eigenvalue weighted by Gasteiger charge is 2.15. The van der Waals surface area contributed by atoms with Crippen molar-refractivity contribution in [3.8, 4) is 0 Å². The van der Waals surface area contributed by atoms with Crippen LogP contribution in [0.1, 0.15) is 49.2 Å². The zero-order chi connectivity index (χ0) is 15.2. The van der Waals surface area contributed by atoms with Crippen LogP contribution in [0.4, 0.5) is 0 Å². The van der Waals surface area contributed by atoms with Gasteiger partial charge in [-0.15, -0.1) is 12.4 Å². The Kier molecular flexibility index (Phi) is 7.27. The van der Waals surface area contributed by atoms with Gasteiger partial charge in [-0.2, -0.15) is 0 Å². The Labute approximate surface area is 136 Å². The van der Waals surface area contributed by atoms with Crippen molar-refractivity contribution in [1.82, 2.24) is 20.8 Å². The molecule has 0 saturated carbocycles. The number of aromatic nitrogens is 2. The molecule has 0 unspecified atom stereocenters. The van der Waals surface area contributed by atoms with E-state index in [9.17, 15) is 4.79 Å². The third kappa shape index (κ3) is 4.42. The van der Waals surface area contributed by atoms with Gasteiger partial charge in [-0.3, -0.25) is 4.79 Å². The molecule has 2 aromatic rings. The van der Waals surface area contributed by atoms with Crippen LogP contribution in [-0.4, -0.2) is 35.7 Å². The molecule has 0 aromatic carbocycles. The molecule has 0 aliphatic heterocycles. The molecule has 0 spiro atoms. The van der Waals surface area contributed by atoms with Crippen molar-refractivity contribution in [2.45, 2.75) is 33.1 Å². The van der Waals surface area contributed by atoms with E-state index < -0.39 is 0 Å². The third-order valence-electron chi connectivity index (χ3n) is 3.18. The summed E-state index contributed by atoms with van der Waals surface area (Å²) < 4.78 is 5.17. The van der Waals surface area contributed by atoms with E-state index in [1.54, 1.807) is 6.07 Å². The molecule has 22 heavy (non-hydrogen) atoms. The van der Waals surface area contributed by atoms with Gasteiger partial charge < -0.3 is 15.2 Å². The van der Waals surface area contributed by atoms with Crippen LogP contribution in [0, 0.1) is 0 Å². The summed E-state index contributed by atoms with van der Waals surface area (Å²) in [6.45, 7) is 8.49. The fraction of sp³-hybridized carbons (Fsp3) is 0.533. The van der Waals surface area contributed by atoms with Gasteiger partial charge in [-0.1, -0.05) is 25.9 Å². The predicted octanol–water partition coefficient (Wildman–Crippen LogP) is 2.50. The summed E-state index contributed by atoms with van der Waals surface area (Å²) in [5.74, 6) is 0.100. The van der Waals surface area contributed by atoms with E-state index in [0.29, 0.717) is 17.8 Å². The summed E-state index contributed by atoms with van der Waals surface area (Å²) in [5, 5.41) is 10.9. The molecule has 0 saturated heterocycles. The number of amides is 1. The van der Waals surface area contributed by atoms with Crippen LogP contribution in [0.3, 0.4) is 0 Å². The molecule has 0 fully saturated rings. The Morgan fingerprint density at radius 2 is 2.09 bits per heavy atom. The lowest BCUT2D eigenvalue weighted by atomic mass is 10.1. The van der Waals surface area contributed by atoms with Crippen molar-refractivity contribution in [3.05, 3.63) is 23.5 Å². The average Bonchev–Trinajstić information content (AvgIpc) is 2.89. The zero-order valence-corrected chi connectivity index (χ0v) is 14.0. The van der Waals surface area contributed by atoms with Gasteiger partial charge >= 0.3 is 0 Å². The van der Waals surface area contributed by atoms with Crippen LogP contribution < -0.4 is 10.6 Å². The fourth-order valence-corrected chi connectivity index (χ4v) is 2.06. The smallest absolute Gasteiger partial charge is 0.257 e. The van der Waals surface area contributed by atoms with Crippen LogP contribution >= 0.6 is 12.4 Å². The summed E-state index contributed by atoms with van der Waals surface area (Å²) in [5.41, 5.74) is 1.83. The highest BCUT2D eigenvalue weighted by atomic mass is 35.5. The first-order valence-corrected chi connectivity index (χ1v) is 7.37. The number of nitrogens with one attached hydrogen (secondary N) is 2. The summed E-state index contributed by atoms with van der Waals surface area (Å²) in [6, 6.07) is 1.79. The maximum Gasteiger partial charge on any atom is 0.257 e. The number of nitrogens with zero attached hydrogens (tertiary/aromatic N) is 2. The van der Waals surface area contributed by atoms with E-state index in [1.165, 1.54) is 6.20 Å². The van der Waals surface area contributed by atoms with Crippen LogP contribution in [0.25, 0.3) is 11.1 Å². The number of fused-ring (bicyclic) bond motifs is 1. The Hall–Kier alpha value is -1.66. The largest absolute Gasteiger partial charge is 0.351 e. The number of hydrogen-bond acceptors (Lipinski definition) is 5. The normalized spacial score (nSPS) is 10.7. The summed E-state index contributed by atoms with van der Waals surface area (Å²) in [4.78, 5) is 16.3. The molecule has 2 rings (SSSR count). The molecule has 0 atom stereocenters. The monoisotopic (exact) mass is 326 g/mol. The van der Waals surface area contributed by atoms with E-state index in [-0.39, 0.29) is 24.2 Å². The van der Waals surface area contributed by atoms with Gasteiger partial charge in [-0.05, 0) is 24.9 Å². The van der Waals surface area contributed by atoms with E-state index in [1.807, 2.05) is 13.8 Å². The molecule has 2 aromatic heterocycles. The highest BCUT2D eigenvalue weighted by Crippen LogP contribution is 2.23. The lowest BCUT2D eigenvalue weighted by molar-refractivity contribution is 0.0953. The Bertz CT molecular complexity index is 613. The summed E-state index contributed by atoms with van der Waals surface area (Å²) in [6.07, 6.45) is 2.60. The minimum absolute atomic E-state index is 0. The predicted molar refractivity (Wildman–Crippen MR) is 88.6 cm³/mol. The first-order chi connectivity index (χ1) is 10.1. The van der Waals surface area contributed by atoms with Crippen molar-refractivity contribution in [2.75, 3.05) is 19.6 Å². The number of carbonyl (C=O) groups excluding carboxylic acids is 1. The first kappa shape index (κ1) is 18.4. The molecule has 6 nitrogen and oxygen atoms in total. The summed E-state index contributed by atoms with van der Waals surface area (Å²) in [7, 11) is 0. The first-order valence-electron chi connectivity index (χ1n) is 7.37. The van der Waals surface area contributed by atoms with Gasteiger partial charge in [0.25, 0.3) is 11.6 Å². The quantitative estimate of drug-likeness (QED) is 0.764. The van der Waals surface area contributed by atoms with Crippen molar-refractivity contribution >= 4 is 29.4 Å². The molecule has 0 bridgehead atoms. The second kappa shape index (κ2) is 8.70. The minimum atomic E-state index is -0.126. The van der Waals surface area contributed by atoms with Gasteiger partial charge in [0.1, 0.15) is 0 Å². The second-order valence-electron chi connectivity index (χ2n) is 5.31. The van der Waals surface area contributed by atoms with Gasteiger partial charge in [0.2, 0.25) is 0 Å². The average molecular weight is 327 g/mol. The SMILES string of the molecule is CCCNCCNC(=O)c1cnc2onc(C(C)C)c2c1.Cl. The maximum atomic E-state index is 12.1. The number of pyridine rings is 1. The van der Waals surface area contributed by atoms with Crippen LogP contribution in [0.15, 0.2) is 16.8 Å². The number of rotatable bonds is 7. The summed E-state index contributed by atoms with van der Waals surface area (Å²) >= 11 is 0. The maximum absolute atomic E-state index is 12.1. The van der Waals surface area contributed by atoms with Crippen molar-refractivity contribution in [1.29, 1.82) is 0 Å². The molecule has 0 radical (unpaired) electrons. The van der Waals surface area contributed by atoms with Crippen molar-refractivity contribution in [3.63, 3.8) is 0 Å². The Morgan fingerprint density at radius 1 is 1.32 bits per heavy atom. The molecule has 2 N–H and O–H groups in total. The van der Waals surface area contributed by atoms with Gasteiger partial charge in [0, 0.05) is 19.3 Å². The van der Waals surface area contributed by atoms with E-state index >= 15 is 0 Å². The standard InChI is InChI=1S/C15H22N4O2.ClH/c1-4-5-16-6-7-17-14(20)11-8-12-13(10(2)3)19-21-15(12)18-9-11;/h8-10,16H,4-7H2,1-3H3,(H,17,20);1H. The Morgan fingerprint density at radius 3 is 2.77 bits per heavy atom. The van der Waals surface area contributed by atoms with Gasteiger partial charge in [0.15, 0.2) is 0 Å². The highest BCUT2D eigenvalue weighted by molar-refractivity contribution is 5.97. The number of carbonyl (C=O) groups is 1. The molecule has 2 heterocycles. The molecular weight excluding hydrogens is 304 g/mol. The fourth-order valence-electron chi connectivity index (χ4n) is 2.06. The Balaban J connectivity index is 0.00000242. The van der Waals surface area contributed by atoms with Crippen molar-refractivity contribution < 1.29 is 9.32 Å². The lowest BCUT2D eigenvalue weighted by Crippen LogP contribution is -2.32. The topological polar surface area (TPSA) is 80.0 Å². The molecule has 122 valence electrons. The van der Waals surface area contributed by atoms with Crippen LogP contribution in [0.5, 0.6) is 0 Å². The van der Waals surface area contributed by atoms with E-state index in [0.717, 1.165) is 30.6 Å². The minimum Gasteiger partial charge on any atom is -0.351 e. The molecule has 7 heteroatoms. The molecule has 0 aliphatic carbocycles. The molecular formula is C15H23ClN4O2. The third-order valence-corrected chi connectivity index (χ3v) is 3.18. The number of halogens is 1. The lowest BCUT2D eigenvalue weighted by Gasteiger charge is -2.06. The van der Waals surface area contributed by atoms with Gasteiger partial charge in [-0.25, -0.2) is 4.98 Å².